The molecule has 20 heavy (non-hydrogen) atoms. The standard InChI is InChI=1S/C18H22N2/c1-2-20(16-9-4-3-5-10-16)14-15-8-6-12-18-17(15)11-7-13-19-18/h3-6,8-10,12,19H,2,7,11,13-14H2,1H3. The van der Waals surface area contributed by atoms with Gasteiger partial charge in [-0.15, -0.1) is 0 Å². The molecule has 0 atom stereocenters. The monoisotopic (exact) mass is 266 g/mol. The predicted octanol–water partition coefficient (Wildman–Crippen LogP) is 4.07. The van der Waals surface area contributed by atoms with Crippen LogP contribution >= 0.6 is 0 Å². The molecule has 0 aliphatic carbocycles. The Kier molecular flexibility index (Phi) is 3.91. The zero-order valence-electron chi connectivity index (χ0n) is 12.1. The fourth-order valence-corrected chi connectivity index (χ4v) is 2.96. The largest absolute Gasteiger partial charge is 0.385 e. The number of nitrogens with one attached hydrogen (secondary N) is 1. The summed E-state index contributed by atoms with van der Waals surface area (Å²) >= 11 is 0. The summed E-state index contributed by atoms with van der Waals surface area (Å²) in [6.45, 7) is 5.35. The van der Waals surface area contributed by atoms with Crippen molar-refractivity contribution in [3.63, 3.8) is 0 Å². The molecule has 104 valence electrons. The Hall–Kier alpha value is -1.96. The number of anilines is 2. The lowest BCUT2D eigenvalue weighted by molar-refractivity contribution is 0.784. The van der Waals surface area contributed by atoms with E-state index in [1.165, 1.54) is 35.3 Å². The quantitative estimate of drug-likeness (QED) is 0.897. The van der Waals surface area contributed by atoms with E-state index in [0.29, 0.717) is 0 Å². The fraction of sp³-hybridized carbons (Fsp3) is 0.333. The van der Waals surface area contributed by atoms with Crippen LogP contribution < -0.4 is 10.2 Å². The third kappa shape index (κ3) is 2.64. The van der Waals surface area contributed by atoms with Crippen LogP contribution in [0.3, 0.4) is 0 Å². The highest BCUT2D eigenvalue weighted by molar-refractivity contribution is 5.57. The van der Waals surface area contributed by atoms with E-state index in [4.69, 9.17) is 0 Å². The first-order valence-corrected chi connectivity index (χ1v) is 7.53. The van der Waals surface area contributed by atoms with Gasteiger partial charge in [0.2, 0.25) is 0 Å². The Bertz CT molecular complexity index is 563. The zero-order chi connectivity index (χ0) is 13.8. The van der Waals surface area contributed by atoms with Crippen LogP contribution in [0, 0.1) is 0 Å². The van der Waals surface area contributed by atoms with Crippen molar-refractivity contribution in [3.8, 4) is 0 Å². The van der Waals surface area contributed by atoms with E-state index < -0.39 is 0 Å². The Morgan fingerprint density at radius 1 is 1.05 bits per heavy atom. The van der Waals surface area contributed by atoms with Crippen LogP contribution in [0.4, 0.5) is 11.4 Å². The molecule has 0 unspecified atom stereocenters. The van der Waals surface area contributed by atoms with Gasteiger partial charge in [0, 0.05) is 31.0 Å². The van der Waals surface area contributed by atoms with Gasteiger partial charge in [0.15, 0.2) is 0 Å². The minimum absolute atomic E-state index is 0.991. The van der Waals surface area contributed by atoms with Gasteiger partial charge < -0.3 is 10.2 Å². The lowest BCUT2D eigenvalue weighted by Gasteiger charge is -2.27. The molecule has 1 N–H and O–H groups in total. The molecule has 0 saturated carbocycles. The molecule has 2 aromatic carbocycles. The van der Waals surface area contributed by atoms with Crippen LogP contribution in [0.5, 0.6) is 0 Å². The first-order valence-electron chi connectivity index (χ1n) is 7.53. The lowest BCUT2D eigenvalue weighted by atomic mass is 9.97. The van der Waals surface area contributed by atoms with Gasteiger partial charge >= 0.3 is 0 Å². The summed E-state index contributed by atoms with van der Waals surface area (Å²) in [4.78, 5) is 2.43. The van der Waals surface area contributed by atoms with Crippen molar-refractivity contribution >= 4 is 11.4 Å². The molecule has 0 spiro atoms. The molecule has 0 fully saturated rings. The Labute approximate surface area is 121 Å². The average molecular weight is 266 g/mol. The number of rotatable bonds is 4. The highest BCUT2D eigenvalue weighted by Crippen LogP contribution is 2.27. The van der Waals surface area contributed by atoms with Gasteiger partial charge in [0.05, 0.1) is 0 Å². The van der Waals surface area contributed by atoms with Gasteiger partial charge in [-0.05, 0) is 49.1 Å². The van der Waals surface area contributed by atoms with Crippen LogP contribution in [-0.4, -0.2) is 13.1 Å². The molecule has 1 heterocycles. The smallest absolute Gasteiger partial charge is 0.0432 e. The topological polar surface area (TPSA) is 15.3 Å². The molecule has 2 heteroatoms. The second kappa shape index (κ2) is 6.00. The summed E-state index contributed by atoms with van der Waals surface area (Å²) in [5.41, 5.74) is 5.60. The lowest BCUT2D eigenvalue weighted by Crippen LogP contribution is -2.24. The van der Waals surface area contributed by atoms with E-state index >= 15 is 0 Å². The summed E-state index contributed by atoms with van der Waals surface area (Å²) in [5.74, 6) is 0. The summed E-state index contributed by atoms with van der Waals surface area (Å²) in [7, 11) is 0. The van der Waals surface area contributed by atoms with Gasteiger partial charge in [-0.2, -0.15) is 0 Å². The minimum atomic E-state index is 0.991. The number of fused-ring (bicyclic) bond motifs is 1. The molecule has 2 nitrogen and oxygen atoms in total. The number of benzene rings is 2. The number of hydrogen-bond donors (Lipinski definition) is 1. The van der Waals surface area contributed by atoms with Crippen molar-refractivity contribution in [1.29, 1.82) is 0 Å². The van der Waals surface area contributed by atoms with E-state index in [2.05, 4.69) is 65.7 Å². The van der Waals surface area contributed by atoms with E-state index in [1.54, 1.807) is 0 Å². The third-order valence-corrected chi connectivity index (χ3v) is 4.06. The van der Waals surface area contributed by atoms with Gasteiger partial charge in [0.25, 0.3) is 0 Å². The molecule has 2 aromatic rings. The minimum Gasteiger partial charge on any atom is -0.385 e. The zero-order valence-corrected chi connectivity index (χ0v) is 12.1. The maximum Gasteiger partial charge on any atom is 0.0432 e. The van der Waals surface area contributed by atoms with Crippen LogP contribution in [0.15, 0.2) is 48.5 Å². The van der Waals surface area contributed by atoms with Crippen molar-refractivity contribution in [1.82, 2.24) is 0 Å². The van der Waals surface area contributed by atoms with Crippen LogP contribution in [0.2, 0.25) is 0 Å². The molecule has 0 bridgehead atoms. The van der Waals surface area contributed by atoms with Crippen LogP contribution in [0.1, 0.15) is 24.5 Å². The number of hydrogen-bond acceptors (Lipinski definition) is 2. The normalized spacial score (nSPS) is 13.4. The molecular weight excluding hydrogens is 244 g/mol. The van der Waals surface area contributed by atoms with Crippen molar-refractivity contribution in [2.45, 2.75) is 26.3 Å². The van der Waals surface area contributed by atoms with Gasteiger partial charge in [-0.1, -0.05) is 30.3 Å². The average Bonchev–Trinajstić information content (AvgIpc) is 2.53. The van der Waals surface area contributed by atoms with Crippen LogP contribution in [-0.2, 0) is 13.0 Å². The summed E-state index contributed by atoms with van der Waals surface area (Å²) < 4.78 is 0. The molecular formula is C18H22N2. The van der Waals surface area contributed by atoms with Crippen LogP contribution in [0.25, 0.3) is 0 Å². The first kappa shape index (κ1) is 13.0. The molecule has 0 aromatic heterocycles. The second-order valence-corrected chi connectivity index (χ2v) is 5.32. The van der Waals surface area contributed by atoms with Crippen molar-refractivity contribution < 1.29 is 0 Å². The number of para-hydroxylation sites is 1. The van der Waals surface area contributed by atoms with Gasteiger partial charge in [-0.25, -0.2) is 0 Å². The van der Waals surface area contributed by atoms with E-state index in [-0.39, 0.29) is 0 Å². The maximum atomic E-state index is 3.52. The van der Waals surface area contributed by atoms with E-state index in [1.807, 2.05) is 0 Å². The molecule has 3 rings (SSSR count). The Morgan fingerprint density at radius 3 is 2.70 bits per heavy atom. The Morgan fingerprint density at radius 2 is 1.90 bits per heavy atom. The molecule has 0 radical (unpaired) electrons. The maximum absolute atomic E-state index is 3.52. The molecule has 0 amide bonds. The molecule has 0 saturated heterocycles. The van der Waals surface area contributed by atoms with Crippen molar-refractivity contribution in [3.05, 3.63) is 59.7 Å². The van der Waals surface area contributed by atoms with Gasteiger partial charge in [-0.3, -0.25) is 0 Å². The van der Waals surface area contributed by atoms with Crippen molar-refractivity contribution in [2.75, 3.05) is 23.3 Å². The highest BCUT2D eigenvalue weighted by Gasteiger charge is 2.14. The molecule has 1 aliphatic rings. The summed E-state index contributed by atoms with van der Waals surface area (Å²) in [5, 5.41) is 3.52. The summed E-state index contributed by atoms with van der Waals surface area (Å²) in [6.07, 6.45) is 2.44. The van der Waals surface area contributed by atoms with E-state index in [9.17, 15) is 0 Å². The number of nitrogens with zero attached hydrogens (tertiary/aromatic N) is 1. The van der Waals surface area contributed by atoms with E-state index in [0.717, 1.165) is 19.6 Å². The van der Waals surface area contributed by atoms with Crippen molar-refractivity contribution in [2.24, 2.45) is 0 Å². The van der Waals surface area contributed by atoms with Gasteiger partial charge in [0.1, 0.15) is 0 Å². The SMILES string of the molecule is CCN(Cc1cccc2c1CCCN2)c1ccccc1. The summed E-state index contributed by atoms with van der Waals surface area (Å²) in [6, 6.07) is 17.3. The Balaban J connectivity index is 1.87. The molecule has 1 aliphatic heterocycles. The highest BCUT2D eigenvalue weighted by atomic mass is 15.1. The second-order valence-electron chi connectivity index (χ2n) is 5.32. The predicted molar refractivity (Wildman–Crippen MR) is 86.4 cm³/mol. The first-order chi connectivity index (χ1) is 9.88. The fourth-order valence-electron chi connectivity index (χ4n) is 2.96. The third-order valence-electron chi connectivity index (χ3n) is 4.06.